The van der Waals surface area contributed by atoms with Crippen LogP contribution in [0.2, 0.25) is 10.0 Å². The van der Waals surface area contributed by atoms with Gasteiger partial charge in [0.1, 0.15) is 0 Å². The molecule has 1 aromatic rings. The molecule has 13 heavy (non-hydrogen) atoms. The van der Waals surface area contributed by atoms with Gasteiger partial charge in [0.15, 0.2) is 0 Å². The summed E-state index contributed by atoms with van der Waals surface area (Å²) in [6.07, 6.45) is 0. The van der Waals surface area contributed by atoms with Gasteiger partial charge in [0.2, 0.25) is 5.91 Å². The van der Waals surface area contributed by atoms with Gasteiger partial charge in [-0.25, -0.2) is 0 Å². The summed E-state index contributed by atoms with van der Waals surface area (Å²) in [6, 6.07) is 4.78. The second-order valence-corrected chi connectivity index (χ2v) is 3.28. The van der Waals surface area contributed by atoms with Crippen LogP contribution in [0.5, 0.6) is 0 Å². The van der Waals surface area contributed by atoms with E-state index >= 15 is 0 Å². The van der Waals surface area contributed by atoms with Crippen LogP contribution >= 0.6 is 23.2 Å². The van der Waals surface area contributed by atoms with E-state index in [1.165, 1.54) is 0 Å². The first kappa shape index (κ1) is 10.3. The molecule has 70 valence electrons. The van der Waals surface area contributed by atoms with Crippen molar-refractivity contribution >= 4 is 34.8 Å². The molecule has 1 rings (SSSR count). The van der Waals surface area contributed by atoms with Crippen LogP contribution in [-0.2, 0) is 4.79 Å². The van der Waals surface area contributed by atoms with E-state index in [2.05, 4.69) is 5.32 Å². The first-order valence-electron chi connectivity index (χ1n) is 3.58. The van der Waals surface area contributed by atoms with Crippen LogP contribution in [0, 0.1) is 0 Å². The van der Waals surface area contributed by atoms with Gasteiger partial charge in [-0.1, -0.05) is 23.2 Å². The van der Waals surface area contributed by atoms with Gasteiger partial charge in [0, 0.05) is 15.7 Å². The summed E-state index contributed by atoms with van der Waals surface area (Å²) >= 11 is 11.4. The lowest BCUT2D eigenvalue weighted by atomic mass is 10.3. The molecule has 3 N–H and O–H groups in total. The number of hydrogen-bond donors (Lipinski definition) is 2. The number of carbonyl (C=O) groups excluding carboxylic acids is 1. The van der Waals surface area contributed by atoms with Crippen molar-refractivity contribution in [3.8, 4) is 0 Å². The van der Waals surface area contributed by atoms with Gasteiger partial charge in [-0.15, -0.1) is 0 Å². The summed E-state index contributed by atoms with van der Waals surface area (Å²) in [6.45, 7) is -0.0653. The molecule has 0 aliphatic heterocycles. The number of amides is 1. The van der Waals surface area contributed by atoms with Gasteiger partial charge in [0.25, 0.3) is 0 Å². The van der Waals surface area contributed by atoms with Gasteiger partial charge in [-0.2, -0.15) is 0 Å². The fourth-order valence-corrected chi connectivity index (χ4v) is 1.36. The minimum absolute atomic E-state index is 0.0653. The Bertz CT molecular complexity index is 308. The Morgan fingerprint density at radius 3 is 2.31 bits per heavy atom. The number of rotatable bonds is 2. The fraction of sp³-hybridized carbons (Fsp3) is 0.125. The van der Waals surface area contributed by atoms with Crippen molar-refractivity contribution in [3.63, 3.8) is 0 Å². The Morgan fingerprint density at radius 2 is 1.85 bits per heavy atom. The Kier molecular flexibility index (Phi) is 3.54. The van der Waals surface area contributed by atoms with Crippen molar-refractivity contribution in [2.45, 2.75) is 0 Å². The number of carbonyl (C=O) groups is 1. The molecule has 0 spiro atoms. The lowest BCUT2D eigenvalue weighted by Gasteiger charge is -2.04. The molecule has 0 atom stereocenters. The third-order valence-electron chi connectivity index (χ3n) is 1.33. The van der Waals surface area contributed by atoms with E-state index in [1.807, 2.05) is 0 Å². The van der Waals surface area contributed by atoms with Crippen molar-refractivity contribution in [3.05, 3.63) is 28.2 Å². The van der Waals surface area contributed by atoms with Crippen LogP contribution in [0.15, 0.2) is 18.2 Å². The zero-order chi connectivity index (χ0) is 9.84. The second kappa shape index (κ2) is 4.46. The minimum atomic E-state index is -0.279. The normalized spacial score (nSPS) is 9.77. The number of nitrogens with one attached hydrogen (secondary N) is 1. The lowest BCUT2D eigenvalue weighted by molar-refractivity contribution is -0.114. The van der Waals surface area contributed by atoms with Crippen LogP contribution in [0.3, 0.4) is 0 Å². The van der Waals surface area contributed by atoms with Crippen molar-refractivity contribution in [1.82, 2.24) is 0 Å². The fourth-order valence-electron chi connectivity index (χ4n) is 0.838. The van der Waals surface area contributed by atoms with E-state index in [0.29, 0.717) is 15.7 Å². The highest BCUT2D eigenvalue weighted by molar-refractivity contribution is 6.35. The maximum absolute atomic E-state index is 10.9. The van der Waals surface area contributed by atoms with Crippen LogP contribution in [0.4, 0.5) is 5.69 Å². The van der Waals surface area contributed by atoms with Gasteiger partial charge in [-0.3, -0.25) is 4.79 Å². The molecular weight excluding hydrogens is 211 g/mol. The zero-order valence-electron chi connectivity index (χ0n) is 6.68. The van der Waals surface area contributed by atoms with Crippen LogP contribution in [0.25, 0.3) is 0 Å². The summed E-state index contributed by atoms with van der Waals surface area (Å²) in [5, 5.41) is 3.48. The molecule has 0 radical (unpaired) electrons. The van der Waals surface area contributed by atoms with Crippen LogP contribution in [-0.4, -0.2) is 12.5 Å². The van der Waals surface area contributed by atoms with E-state index < -0.39 is 0 Å². The number of nitrogens with two attached hydrogens (primary N) is 1. The highest BCUT2D eigenvalue weighted by Gasteiger charge is 2.01. The number of anilines is 1. The minimum Gasteiger partial charge on any atom is -0.325 e. The SMILES string of the molecule is NCC(=O)Nc1cc(Cl)cc(Cl)c1. The Morgan fingerprint density at radius 1 is 1.31 bits per heavy atom. The van der Waals surface area contributed by atoms with Gasteiger partial charge >= 0.3 is 0 Å². The monoisotopic (exact) mass is 218 g/mol. The predicted molar refractivity (Wildman–Crippen MR) is 54.1 cm³/mol. The predicted octanol–water partition coefficient (Wildman–Crippen LogP) is 1.89. The zero-order valence-corrected chi connectivity index (χ0v) is 8.19. The summed E-state index contributed by atoms with van der Waals surface area (Å²) in [4.78, 5) is 10.9. The summed E-state index contributed by atoms with van der Waals surface area (Å²) in [7, 11) is 0. The molecule has 0 fully saturated rings. The topological polar surface area (TPSA) is 55.1 Å². The van der Waals surface area contributed by atoms with Crippen molar-refractivity contribution in [2.75, 3.05) is 11.9 Å². The van der Waals surface area contributed by atoms with Crippen molar-refractivity contribution in [2.24, 2.45) is 5.73 Å². The van der Waals surface area contributed by atoms with E-state index in [-0.39, 0.29) is 12.5 Å². The molecule has 0 saturated heterocycles. The number of hydrogen-bond acceptors (Lipinski definition) is 2. The third-order valence-corrected chi connectivity index (χ3v) is 1.77. The second-order valence-electron chi connectivity index (χ2n) is 2.41. The first-order valence-corrected chi connectivity index (χ1v) is 4.33. The molecular formula is C8H8Cl2N2O. The molecule has 0 saturated carbocycles. The lowest BCUT2D eigenvalue weighted by Crippen LogP contribution is -2.21. The summed E-state index contributed by atoms with van der Waals surface area (Å²) < 4.78 is 0. The highest BCUT2D eigenvalue weighted by atomic mass is 35.5. The third kappa shape index (κ3) is 3.22. The Hall–Kier alpha value is -0.770. The maximum Gasteiger partial charge on any atom is 0.238 e. The first-order chi connectivity index (χ1) is 6.11. The maximum atomic E-state index is 10.9. The van der Waals surface area contributed by atoms with Crippen molar-refractivity contribution in [1.29, 1.82) is 0 Å². The van der Waals surface area contributed by atoms with E-state index in [0.717, 1.165) is 0 Å². The molecule has 5 heteroatoms. The van der Waals surface area contributed by atoms with Crippen LogP contribution in [0.1, 0.15) is 0 Å². The van der Waals surface area contributed by atoms with Crippen molar-refractivity contribution < 1.29 is 4.79 Å². The van der Waals surface area contributed by atoms with Gasteiger partial charge in [0.05, 0.1) is 6.54 Å². The number of benzene rings is 1. The molecule has 0 bridgehead atoms. The largest absolute Gasteiger partial charge is 0.325 e. The van der Waals surface area contributed by atoms with Crippen LogP contribution < -0.4 is 11.1 Å². The molecule has 0 heterocycles. The Balaban J connectivity index is 2.83. The Labute approximate surface area is 85.8 Å². The van der Waals surface area contributed by atoms with E-state index in [4.69, 9.17) is 28.9 Å². The molecule has 3 nitrogen and oxygen atoms in total. The van der Waals surface area contributed by atoms with Gasteiger partial charge in [-0.05, 0) is 18.2 Å². The molecule has 0 aromatic heterocycles. The molecule has 1 amide bonds. The molecule has 0 unspecified atom stereocenters. The standard InChI is InChI=1S/C8H8Cl2N2O/c9-5-1-6(10)3-7(2-5)12-8(13)4-11/h1-3H,4,11H2,(H,12,13). The summed E-state index contributed by atoms with van der Waals surface area (Å²) in [5.74, 6) is -0.279. The van der Waals surface area contributed by atoms with E-state index in [9.17, 15) is 4.79 Å². The molecule has 0 aliphatic carbocycles. The average Bonchev–Trinajstić information content (AvgIpc) is 2.02. The van der Waals surface area contributed by atoms with E-state index in [1.54, 1.807) is 18.2 Å². The summed E-state index contributed by atoms with van der Waals surface area (Å²) in [5.41, 5.74) is 5.67. The highest BCUT2D eigenvalue weighted by Crippen LogP contribution is 2.22. The van der Waals surface area contributed by atoms with Gasteiger partial charge < -0.3 is 11.1 Å². The quantitative estimate of drug-likeness (QED) is 0.797. The average molecular weight is 219 g/mol. The molecule has 1 aromatic carbocycles. The number of halogens is 2. The molecule has 0 aliphatic rings. The smallest absolute Gasteiger partial charge is 0.238 e.